The molecule has 0 amide bonds. The zero-order valence-corrected chi connectivity index (χ0v) is 19.1. The third-order valence-corrected chi connectivity index (χ3v) is 6.72. The third kappa shape index (κ3) is 5.59. The molecule has 3 rings (SSSR count). The topological polar surface area (TPSA) is 200 Å². The van der Waals surface area contributed by atoms with E-state index in [-0.39, 0.29) is 18.8 Å². The van der Waals surface area contributed by atoms with Gasteiger partial charge in [0.1, 0.15) is 30.0 Å². The Kier molecular flexibility index (Phi) is 8.86. The molecule has 2 saturated heterocycles. The lowest BCUT2D eigenvalue weighted by molar-refractivity contribution is -0.306. The average molecular weight is 464 g/mol. The Morgan fingerprint density at radius 3 is 2.19 bits per heavy atom. The monoisotopic (exact) mass is 463 g/mol. The summed E-state index contributed by atoms with van der Waals surface area (Å²) in [5.74, 6) is 0. The van der Waals surface area contributed by atoms with Gasteiger partial charge in [0.2, 0.25) is 0 Å². The van der Waals surface area contributed by atoms with Crippen LogP contribution in [0.15, 0.2) is 0 Å². The molecule has 12 heteroatoms. The van der Waals surface area contributed by atoms with E-state index in [1.165, 1.54) is 0 Å². The number of hydrogen-bond acceptors (Lipinski definition) is 12. The first-order valence-electron chi connectivity index (χ1n) is 11.3. The molecule has 12 atom stereocenters. The standard InChI is InChI=1S/C20H41N5O7/c1-20(28)8-29-19(14(27)17(20)25-3)32-16-12(23)6-11(22)15(13(16)26)31-18-10(21)5-4-9(30-18)7-24-2/h9-19,24-28H,4-8,21-23H2,1-3H3/t9-,10+,11-,12+,13-,14+,15+,16-,17+,18+,19-,20-/m0/s1. The Morgan fingerprint density at radius 1 is 0.969 bits per heavy atom. The molecule has 3 fully saturated rings. The van der Waals surface area contributed by atoms with Gasteiger partial charge in [0.15, 0.2) is 12.6 Å². The second-order valence-corrected chi connectivity index (χ2v) is 9.47. The summed E-state index contributed by atoms with van der Waals surface area (Å²) in [4.78, 5) is 0. The predicted octanol–water partition coefficient (Wildman–Crippen LogP) is -3.72. The Labute approximate surface area is 189 Å². The van der Waals surface area contributed by atoms with Crippen molar-refractivity contribution in [3.63, 3.8) is 0 Å². The van der Waals surface area contributed by atoms with Crippen molar-refractivity contribution in [3.05, 3.63) is 0 Å². The second kappa shape index (κ2) is 10.8. The van der Waals surface area contributed by atoms with Crippen LogP contribution in [-0.4, -0.2) is 115 Å². The van der Waals surface area contributed by atoms with Gasteiger partial charge in [-0.3, -0.25) is 0 Å². The molecule has 188 valence electrons. The summed E-state index contributed by atoms with van der Waals surface area (Å²) in [5, 5.41) is 38.1. The molecule has 0 aromatic heterocycles. The molecule has 0 radical (unpaired) electrons. The molecule has 1 aliphatic carbocycles. The summed E-state index contributed by atoms with van der Waals surface area (Å²) in [7, 11) is 3.47. The SMILES string of the molecule is CNC[C@@H]1CC[C@@H](N)[C@@H](O[C@H]2[C@H](O)[C@@H](O[C@@H]3OC[C@](C)(O)[C@H](NC)[C@H]3O)[C@H](N)C[C@@H]2N)O1. The van der Waals surface area contributed by atoms with Gasteiger partial charge >= 0.3 is 0 Å². The zero-order valence-electron chi connectivity index (χ0n) is 19.1. The molecule has 2 heterocycles. The molecule has 0 unspecified atom stereocenters. The Bertz CT molecular complexity index is 603. The fourth-order valence-electron chi connectivity index (χ4n) is 4.90. The first-order valence-corrected chi connectivity index (χ1v) is 11.3. The molecule has 11 N–H and O–H groups in total. The van der Waals surface area contributed by atoms with E-state index in [0.29, 0.717) is 13.0 Å². The highest BCUT2D eigenvalue weighted by molar-refractivity contribution is 5.01. The molecular formula is C20H41N5O7. The molecule has 32 heavy (non-hydrogen) atoms. The van der Waals surface area contributed by atoms with Crippen molar-refractivity contribution in [3.8, 4) is 0 Å². The number of aliphatic hydroxyl groups excluding tert-OH is 2. The molecule has 3 aliphatic rings. The van der Waals surface area contributed by atoms with E-state index < -0.39 is 60.7 Å². The molecule has 0 aromatic rings. The van der Waals surface area contributed by atoms with Crippen LogP contribution in [0.25, 0.3) is 0 Å². The highest BCUT2D eigenvalue weighted by Crippen LogP contribution is 2.31. The maximum absolute atomic E-state index is 11.1. The largest absolute Gasteiger partial charge is 0.388 e. The van der Waals surface area contributed by atoms with Crippen molar-refractivity contribution in [2.24, 2.45) is 17.2 Å². The first kappa shape index (κ1) is 26.1. The van der Waals surface area contributed by atoms with Crippen LogP contribution < -0.4 is 27.8 Å². The summed E-state index contributed by atoms with van der Waals surface area (Å²) >= 11 is 0. The van der Waals surface area contributed by atoms with Gasteiger partial charge in [-0.2, -0.15) is 0 Å². The predicted molar refractivity (Wildman–Crippen MR) is 115 cm³/mol. The van der Waals surface area contributed by atoms with Crippen molar-refractivity contribution in [2.45, 2.75) is 99.1 Å². The second-order valence-electron chi connectivity index (χ2n) is 9.47. The van der Waals surface area contributed by atoms with Gasteiger partial charge in [-0.15, -0.1) is 0 Å². The molecule has 2 aliphatic heterocycles. The summed E-state index contributed by atoms with van der Waals surface area (Å²) in [6.45, 7) is 2.16. The molecule has 0 spiro atoms. The normalized spacial score (nSPS) is 50.3. The van der Waals surface area contributed by atoms with Crippen LogP contribution in [0.1, 0.15) is 26.2 Å². The minimum atomic E-state index is -1.28. The number of likely N-dealkylation sites (N-methyl/N-ethyl adjacent to an activating group) is 2. The van der Waals surface area contributed by atoms with Crippen LogP contribution in [0.5, 0.6) is 0 Å². The van der Waals surface area contributed by atoms with E-state index in [9.17, 15) is 15.3 Å². The Morgan fingerprint density at radius 2 is 1.59 bits per heavy atom. The lowest BCUT2D eigenvalue weighted by Crippen LogP contribution is -2.68. The van der Waals surface area contributed by atoms with Gasteiger partial charge in [0.25, 0.3) is 0 Å². The Balaban J connectivity index is 1.67. The van der Waals surface area contributed by atoms with E-state index in [0.717, 1.165) is 12.8 Å². The fraction of sp³-hybridized carbons (Fsp3) is 1.00. The van der Waals surface area contributed by atoms with E-state index in [1.807, 2.05) is 7.05 Å². The van der Waals surface area contributed by atoms with Crippen LogP contribution in [0, 0.1) is 0 Å². The van der Waals surface area contributed by atoms with Crippen LogP contribution >= 0.6 is 0 Å². The number of hydrogen-bond donors (Lipinski definition) is 8. The van der Waals surface area contributed by atoms with Crippen molar-refractivity contribution < 1.29 is 34.3 Å². The summed E-state index contributed by atoms with van der Waals surface area (Å²) in [5.41, 5.74) is 17.4. The molecule has 12 nitrogen and oxygen atoms in total. The smallest absolute Gasteiger partial charge is 0.185 e. The average Bonchev–Trinajstić information content (AvgIpc) is 2.72. The maximum atomic E-state index is 11.1. The van der Waals surface area contributed by atoms with Crippen molar-refractivity contribution in [1.29, 1.82) is 0 Å². The van der Waals surface area contributed by atoms with Crippen LogP contribution in [0.3, 0.4) is 0 Å². The highest BCUT2D eigenvalue weighted by Gasteiger charge is 2.50. The van der Waals surface area contributed by atoms with Crippen LogP contribution in [0.4, 0.5) is 0 Å². The summed E-state index contributed by atoms with van der Waals surface area (Å²) in [6, 6.07) is -2.20. The van der Waals surface area contributed by atoms with Crippen molar-refractivity contribution >= 4 is 0 Å². The van der Waals surface area contributed by atoms with Crippen LogP contribution in [0.2, 0.25) is 0 Å². The van der Waals surface area contributed by atoms with Gasteiger partial charge in [-0.25, -0.2) is 0 Å². The summed E-state index contributed by atoms with van der Waals surface area (Å²) < 4.78 is 23.5. The van der Waals surface area contributed by atoms with Crippen LogP contribution in [-0.2, 0) is 18.9 Å². The quantitative estimate of drug-likeness (QED) is 0.184. The van der Waals surface area contributed by atoms with Crippen molar-refractivity contribution in [1.82, 2.24) is 10.6 Å². The van der Waals surface area contributed by atoms with Gasteiger partial charge in [-0.1, -0.05) is 0 Å². The van der Waals surface area contributed by atoms with E-state index in [2.05, 4.69) is 10.6 Å². The molecule has 0 bridgehead atoms. The zero-order chi connectivity index (χ0) is 23.6. The van der Waals surface area contributed by atoms with Gasteiger partial charge in [-0.05, 0) is 40.3 Å². The molecule has 1 saturated carbocycles. The molecular weight excluding hydrogens is 422 g/mol. The van der Waals surface area contributed by atoms with Gasteiger partial charge in [0.05, 0.1) is 24.8 Å². The van der Waals surface area contributed by atoms with E-state index >= 15 is 0 Å². The molecule has 0 aromatic carbocycles. The number of aliphatic hydroxyl groups is 3. The van der Waals surface area contributed by atoms with E-state index in [1.54, 1.807) is 14.0 Å². The lowest BCUT2D eigenvalue weighted by Gasteiger charge is -2.48. The number of ether oxygens (including phenoxy) is 4. The van der Waals surface area contributed by atoms with Crippen molar-refractivity contribution in [2.75, 3.05) is 27.2 Å². The van der Waals surface area contributed by atoms with Gasteiger partial charge < -0.3 is 62.1 Å². The first-order chi connectivity index (χ1) is 15.1. The lowest BCUT2D eigenvalue weighted by atomic mass is 9.84. The number of nitrogens with one attached hydrogen (secondary N) is 2. The third-order valence-electron chi connectivity index (χ3n) is 6.72. The van der Waals surface area contributed by atoms with E-state index in [4.69, 9.17) is 36.1 Å². The fourth-order valence-corrected chi connectivity index (χ4v) is 4.90. The summed E-state index contributed by atoms with van der Waals surface area (Å²) in [6.07, 6.45) is -4.12. The number of nitrogens with two attached hydrogens (primary N) is 3. The van der Waals surface area contributed by atoms with Gasteiger partial charge in [0, 0.05) is 18.6 Å². The Hall–Kier alpha value is -0.480. The highest BCUT2D eigenvalue weighted by atomic mass is 16.7. The minimum absolute atomic E-state index is 0.0480. The number of rotatable bonds is 7. The minimum Gasteiger partial charge on any atom is -0.388 e. The maximum Gasteiger partial charge on any atom is 0.185 e.